The van der Waals surface area contributed by atoms with Gasteiger partial charge in [-0.3, -0.25) is 38.6 Å². The lowest BCUT2D eigenvalue weighted by atomic mass is 10.0. The molecule has 0 aliphatic carbocycles. The molecule has 0 unspecified atom stereocenters. The first-order valence-corrected chi connectivity index (χ1v) is 24.2. The minimum absolute atomic E-state index is 0.00803. The largest absolute Gasteiger partial charge is 0.480 e. The Morgan fingerprint density at radius 3 is 1.55 bits per heavy atom. The first-order valence-electron chi connectivity index (χ1n) is 24.2. The fourth-order valence-corrected chi connectivity index (χ4v) is 7.36. The molecule has 1 aromatic carbocycles. The Morgan fingerprint density at radius 2 is 1.05 bits per heavy atom. The number of nitrogens with two attached hydrogens (primary N) is 5. The van der Waals surface area contributed by atoms with Gasteiger partial charge >= 0.3 is 5.97 Å². The van der Waals surface area contributed by atoms with Crippen LogP contribution in [0.1, 0.15) is 75.2 Å². The normalized spacial score (nSPS) is 14.7. The first-order chi connectivity index (χ1) is 35.4. The topological polar surface area (TPSA) is 481 Å². The number of amides is 7. The number of rotatable bonds is 35. The van der Waals surface area contributed by atoms with Crippen LogP contribution in [0.4, 0.5) is 0 Å². The number of guanidine groups is 1. The molecule has 28 heteroatoms. The van der Waals surface area contributed by atoms with Crippen LogP contribution in [0.15, 0.2) is 60.4 Å². The highest BCUT2D eigenvalue weighted by Crippen LogP contribution is 2.10. The van der Waals surface area contributed by atoms with Crippen LogP contribution < -0.4 is 65.9 Å². The monoisotopic (exact) mass is 1040 g/mol. The Kier molecular flexibility index (Phi) is 26.7. The Balaban J connectivity index is 1.90. The van der Waals surface area contributed by atoms with Crippen molar-refractivity contribution < 1.29 is 53.7 Å². The maximum Gasteiger partial charge on any atom is 0.326 e. The quantitative estimate of drug-likeness (QED) is 0.0149. The lowest BCUT2D eigenvalue weighted by Crippen LogP contribution is -2.61. The molecular formula is C46H73N17O11. The number of unbranched alkanes of at least 4 members (excludes halogenated alkanes) is 2. The number of carbonyl (C=O) groups is 8. The van der Waals surface area contributed by atoms with Crippen molar-refractivity contribution in [3.63, 3.8) is 0 Å². The second-order valence-corrected chi connectivity index (χ2v) is 17.5. The number of hydrogen-bond donors (Lipinski definition) is 17. The molecule has 0 aliphatic heterocycles. The summed E-state index contributed by atoms with van der Waals surface area (Å²) >= 11 is 0. The van der Waals surface area contributed by atoms with E-state index in [2.05, 4.69) is 62.1 Å². The van der Waals surface area contributed by atoms with Crippen molar-refractivity contribution in [3.05, 3.63) is 72.3 Å². The summed E-state index contributed by atoms with van der Waals surface area (Å²) in [5, 5.41) is 48.5. The number of aromatic amines is 2. The van der Waals surface area contributed by atoms with Gasteiger partial charge in [-0.25, -0.2) is 14.8 Å². The number of carboxylic acid groups (broad SMARTS) is 1. The fraction of sp³-hybridized carbons (Fsp3) is 0.543. The standard InChI is InChI=1S/C46H73N17O11/c1-26(65)37(63-38(66)30(49)12-5-7-15-47)44(72)60-34(19-28-21-52-24-55-28)42(70)57-32(14-9-17-54-46(50)51)39(67)59-33(18-27-10-3-2-4-11-27)41(69)62-36(23-64)43(71)58-31(13-6-8-16-48)40(68)61-35(45(73)74)20-29-22-53-25-56-29/h2-4,10-11,21-22,24-26,30-37,64-65H,5-9,12-20,23,47-49H2,1H3,(H,52,55)(H,53,56)(H,57,70)(H,58,71)(H,59,67)(H,60,72)(H,61,68)(H,62,69)(H,63,66)(H,73,74)(H4,50,51,54)/t26-,30+,31+,32+,33+,34+,35+,36+,37+/m1/s1. The van der Waals surface area contributed by atoms with E-state index in [0.717, 1.165) is 0 Å². The zero-order chi connectivity index (χ0) is 54.6. The van der Waals surface area contributed by atoms with Crippen LogP contribution in [-0.4, -0.2) is 169 Å². The van der Waals surface area contributed by atoms with E-state index in [-0.39, 0.29) is 64.0 Å². The summed E-state index contributed by atoms with van der Waals surface area (Å²) in [4.78, 5) is 126. The summed E-state index contributed by atoms with van der Waals surface area (Å²) in [7, 11) is 0. The van der Waals surface area contributed by atoms with E-state index in [1.165, 1.54) is 32.0 Å². The molecule has 2 heterocycles. The SMILES string of the molecule is C[C@@H](O)[C@H](NC(=O)[C@@H](N)CCCCN)C(=O)N[C@@H](Cc1cnc[nH]1)C(=O)N[C@@H](CCCN=C(N)N)C(=O)N[C@@H](Cc1ccccc1)C(=O)N[C@@H](CO)C(=O)N[C@@H](CCCCN)C(=O)N[C@@H](Cc1cnc[nH]1)C(=O)O. The van der Waals surface area contributed by atoms with Crippen molar-refractivity contribution in [1.29, 1.82) is 0 Å². The summed E-state index contributed by atoms with van der Waals surface area (Å²) < 4.78 is 0. The van der Waals surface area contributed by atoms with E-state index in [1.54, 1.807) is 30.3 Å². The summed E-state index contributed by atoms with van der Waals surface area (Å²) in [6.07, 6.45) is 5.61. The average Bonchev–Trinajstić information content (AvgIpc) is 4.10. The van der Waals surface area contributed by atoms with Crippen LogP contribution in [0, 0.1) is 0 Å². The molecule has 74 heavy (non-hydrogen) atoms. The number of nitrogens with one attached hydrogen (secondary N) is 9. The van der Waals surface area contributed by atoms with Crippen molar-refractivity contribution in [1.82, 2.24) is 57.2 Å². The Bertz CT molecular complexity index is 2250. The van der Waals surface area contributed by atoms with Crippen molar-refractivity contribution in [2.45, 2.75) is 132 Å². The highest BCUT2D eigenvalue weighted by Gasteiger charge is 2.35. The van der Waals surface area contributed by atoms with Gasteiger partial charge in [0, 0.05) is 49.6 Å². The zero-order valence-electron chi connectivity index (χ0n) is 41.3. The number of nitrogens with zero attached hydrogens (tertiary/aromatic N) is 3. The predicted octanol–water partition coefficient (Wildman–Crippen LogP) is -5.35. The molecule has 0 saturated heterocycles. The van der Waals surface area contributed by atoms with Gasteiger partial charge in [0.15, 0.2) is 5.96 Å². The Labute approximate surface area is 427 Å². The molecule has 0 bridgehead atoms. The molecule has 0 aliphatic rings. The number of aliphatic hydroxyl groups is 2. The third kappa shape index (κ3) is 21.7. The van der Waals surface area contributed by atoms with Crippen LogP contribution >= 0.6 is 0 Å². The number of aliphatic imine (C=N–C) groups is 1. The summed E-state index contributed by atoms with van der Waals surface area (Å²) in [5.74, 6) is -7.95. The molecule has 22 N–H and O–H groups in total. The van der Waals surface area contributed by atoms with Gasteiger partial charge in [0.1, 0.15) is 42.3 Å². The minimum Gasteiger partial charge on any atom is -0.480 e. The fourth-order valence-electron chi connectivity index (χ4n) is 7.36. The van der Waals surface area contributed by atoms with Crippen LogP contribution in [0.5, 0.6) is 0 Å². The van der Waals surface area contributed by atoms with E-state index < -0.39 is 108 Å². The van der Waals surface area contributed by atoms with E-state index in [4.69, 9.17) is 28.7 Å². The number of aromatic nitrogens is 4. The van der Waals surface area contributed by atoms with Gasteiger partial charge in [-0.1, -0.05) is 36.8 Å². The lowest BCUT2D eigenvalue weighted by molar-refractivity contribution is -0.142. The minimum atomic E-state index is -1.70. The van der Waals surface area contributed by atoms with Crippen molar-refractivity contribution >= 4 is 53.3 Å². The molecule has 28 nitrogen and oxygen atoms in total. The molecule has 408 valence electrons. The number of aliphatic carboxylic acids is 1. The Morgan fingerprint density at radius 1 is 0.595 bits per heavy atom. The van der Waals surface area contributed by atoms with Gasteiger partial charge in [0.2, 0.25) is 41.4 Å². The second-order valence-electron chi connectivity index (χ2n) is 17.5. The smallest absolute Gasteiger partial charge is 0.326 e. The lowest BCUT2D eigenvalue weighted by Gasteiger charge is -2.28. The third-order valence-electron chi connectivity index (χ3n) is 11.5. The van der Waals surface area contributed by atoms with Crippen LogP contribution in [0.25, 0.3) is 0 Å². The number of carboxylic acids is 1. The third-order valence-corrected chi connectivity index (χ3v) is 11.5. The van der Waals surface area contributed by atoms with E-state index in [0.29, 0.717) is 49.2 Å². The number of hydrogen-bond acceptors (Lipinski definition) is 16. The maximum absolute atomic E-state index is 14.4. The highest BCUT2D eigenvalue weighted by molar-refractivity contribution is 5.98. The number of H-pyrrole nitrogens is 2. The zero-order valence-corrected chi connectivity index (χ0v) is 41.3. The molecule has 7 amide bonds. The molecule has 3 rings (SSSR count). The predicted molar refractivity (Wildman–Crippen MR) is 268 cm³/mol. The van der Waals surface area contributed by atoms with E-state index >= 15 is 0 Å². The van der Waals surface area contributed by atoms with Gasteiger partial charge in [0.25, 0.3) is 0 Å². The molecular weight excluding hydrogens is 967 g/mol. The molecule has 2 aromatic heterocycles. The van der Waals surface area contributed by atoms with Crippen molar-refractivity contribution in [3.8, 4) is 0 Å². The van der Waals surface area contributed by atoms with Gasteiger partial charge < -0.3 is 91.2 Å². The number of carbonyl (C=O) groups excluding carboxylic acids is 7. The number of imidazole rings is 2. The first kappa shape index (κ1) is 60.8. The maximum atomic E-state index is 14.4. The highest BCUT2D eigenvalue weighted by atomic mass is 16.4. The molecule has 0 fully saturated rings. The van der Waals surface area contributed by atoms with Crippen molar-refractivity contribution in [2.24, 2.45) is 33.7 Å². The molecule has 0 radical (unpaired) electrons. The van der Waals surface area contributed by atoms with Gasteiger partial charge in [-0.05, 0) is 70.5 Å². The number of aliphatic hydroxyl groups excluding tert-OH is 2. The van der Waals surface area contributed by atoms with Crippen LogP contribution in [0.3, 0.4) is 0 Å². The van der Waals surface area contributed by atoms with E-state index in [9.17, 15) is 53.7 Å². The van der Waals surface area contributed by atoms with Crippen LogP contribution in [0.2, 0.25) is 0 Å². The summed E-state index contributed by atoms with van der Waals surface area (Å²) in [6.45, 7) is 0.927. The summed E-state index contributed by atoms with van der Waals surface area (Å²) in [6, 6.07) is -3.03. The average molecular weight is 1040 g/mol. The molecule has 3 aromatic rings. The van der Waals surface area contributed by atoms with Crippen LogP contribution in [-0.2, 0) is 57.6 Å². The number of benzene rings is 1. The molecule has 0 spiro atoms. The van der Waals surface area contributed by atoms with Gasteiger partial charge in [-0.15, -0.1) is 0 Å². The van der Waals surface area contributed by atoms with Crippen molar-refractivity contribution in [2.75, 3.05) is 26.2 Å². The van der Waals surface area contributed by atoms with Gasteiger partial charge in [0.05, 0.1) is 31.4 Å². The summed E-state index contributed by atoms with van der Waals surface area (Å²) in [5.41, 5.74) is 29.6. The molecule has 0 saturated carbocycles. The van der Waals surface area contributed by atoms with E-state index in [1.807, 2.05) is 0 Å². The Hall–Kier alpha value is -7.53. The molecule has 9 atom stereocenters. The second kappa shape index (κ2) is 32.5. The van der Waals surface area contributed by atoms with Gasteiger partial charge in [-0.2, -0.15) is 0 Å².